The molecule has 1 N–H and O–H groups in total. The van der Waals surface area contributed by atoms with Crippen molar-refractivity contribution in [2.45, 2.75) is 0 Å². The van der Waals surface area contributed by atoms with Gasteiger partial charge in [0.25, 0.3) is 11.6 Å². The van der Waals surface area contributed by atoms with E-state index in [1.165, 1.54) is 25.3 Å². The van der Waals surface area contributed by atoms with Gasteiger partial charge in [-0.05, 0) is 35.9 Å². The molecule has 0 aliphatic heterocycles. The first-order chi connectivity index (χ1) is 11.9. The van der Waals surface area contributed by atoms with Crippen LogP contribution in [0.3, 0.4) is 0 Å². The van der Waals surface area contributed by atoms with Crippen LogP contribution in [0.1, 0.15) is 5.56 Å². The van der Waals surface area contributed by atoms with Crippen LogP contribution in [-0.2, 0) is 4.79 Å². The summed E-state index contributed by atoms with van der Waals surface area (Å²) in [6.45, 7) is 0. The van der Waals surface area contributed by atoms with E-state index in [-0.39, 0.29) is 22.0 Å². The molecule has 0 heterocycles. The molecule has 0 atom stereocenters. The monoisotopic (exact) mass is 357 g/mol. The molecule has 1 amide bonds. The minimum atomic E-state index is -0.693. The minimum absolute atomic E-state index is 0.0459. The Balaban J connectivity index is 2.26. The second kappa shape index (κ2) is 7.95. The van der Waals surface area contributed by atoms with Gasteiger partial charge in [-0.25, -0.2) is 0 Å². The van der Waals surface area contributed by atoms with E-state index in [0.29, 0.717) is 11.3 Å². The molecule has 0 fully saturated rings. The number of nitrogens with one attached hydrogen (secondary N) is 1. The lowest BCUT2D eigenvalue weighted by Crippen LogP contribution is -2.13. The number of hydrogen-bond acceptors (Lipinski definition) is 5. The summed E-state index contributed by atoms with van der Waals surface area (Å²) in [6, 6.07) is 12.5. The summed E-state index contributed by atoms with van der Waals surface area (Å²) in [6.07, 6.45) is 1.39. The number of amides is 1. The summed E-state index contributed by atoms with van der Waals surface area (Å²) >= 11 is 5.72. The molecule has 2 aromatic rings. The van der Waals surface area contributed by atoms with E-state index in [1.54, 1.807) is 30.3 Å². The van der Waals surface area contributed by atoms with Gasteiger partial charge in [0, 0.05) is 11.8 Å². The van der Waals surface area contributed by atoms with E-state index in [2.05, 4.69) is 5.32 Å². The van der Waals surface area contributed by atoms with Crippen molar-refractivity contribution in [1.82, 2.24) is 0 Å². The number of nitrogens with zero attached hydrogens (tertiary/aromatic N) is 2. The van der Waals surface area contributed by atoms with E-state index in [4.69, 9.17) is 16.3 Å². The fraction of sp³-hybridized carbons (Fsp3) is 0.0588. The molecular formula is C17H12ClN3O4. The van der Waals surface area contributed by atoms with Crippen LogP contribution in [0.2, 0.25) is 5.02 Å². The lowest BCUT2D eigenvalue weighted by molar-refractivity contribution is -0.384. The number of nitro benzene ring substituents is 1. The Morgan fingerprint density at radius 1 is 1.36 bits per heavy atom. The topological polar surface area (TPSA) is 105 Å². The maximum Gasteiger partial charge on any atom is 0.289 e. The van der Waals surface area contributed by atoms with Crippen molar-refractivity contribution in [3.05, 3.63) is 68.7 Å². The number of ether oxygens (including phenoxy) is 1. The van der Waals surface area contributed by atoms with Crippen LogP contribution in [0.25, 0.3) is 6.08 Å². The second-order valence-electron chi connectivity index (χ2n) is 4.82. The third-order valence-corrected chi connectivity index (χ3v) is 3.49. The first kappa shape index (κ1) is 18.0. The molecule has 126 valence electrons. The van der Waals surface area contributed by atoms with Gasteiger partial charge in [0.2, 0.25) is 0 Å². The molecule has 0 aliphatic carbocycles. The summed E-state index contributed by atoms with van der Waals surface area (Å²) in [7, 11) is 1.51. The van der Waals surface area contributed by atoms with Gasteiger partial charge in [-0.15, -0.1) is 0 Å². The number of nitriles is 1. The predicted octanol–water partition coefficient (Wildman–Crippen LogP) is 3.80. The Morgan fingerprint density at radius 2 is 2.12 bits per heavy atom. The molecule has 0 saturated carbocycles. The van der Waals surface area contributed by atoms with Crippen molar-refractivity contribution >= 4 is 35.0 Å². The summed E-state index contributed by atoms with van der Waals surface area (Å²) in [5.41, 5.74) is 0.265. The number of hydrogen-bond donors (Lipinski definition) is 1. The Morgan fingerprint density at radius 3 is 2.76 bits per heavy atom. The minimum Gasteiger partial charge on any atom is -0.497 e. The highest BCUT2D eigenvalue weighted by Gasteiger charge is 2.15. The first-order valence-corrected chi connectivity index (χ1v) is 7.33. The fourth-order valence-electron chi connectivity index (χ4n) is 1.98. The average Bonchev–Trinajstić information content (AvgIpc) is 2.61. The van der Waals surface area contributed by atoms with Crippen LogP contribution in [0.4, 0.5) is 11.4 Å². The Hall–Kier alpha value is -3.37. The van der Waals surface area contributed by atoms with Gasteiger partial charge in [0.05, 0.1) is 12.0 Å². The Labute approximate surface area is 148 Å². The van der Waals surface area contributed by atoms with Crippen molar-refractivity contribution in [2.75, 3.05) is 12.4 Å². The second-order valence-corrected chi connectivity index (χ2v) is 5.23. The standard InChI is InChI=1S/C17H12ClN3O4/c1-25-14-4-2-3-11(8-14)7-12(10-19)17(22)20-13-5-6-15(18)16(9-13)21(23)24/h2-9H,1H3,(H,20,22)/b12-7+. The third kappa shape index (κ3) is 4.56. The van der Waals surface area contributed by atoms with E-state index in [9.17, 15) is 20.2 Å². The van der Waals surface area contributed by atoms with Gasteiger partial charge in [0.1, 0.15) is 22.4 Å². The van der Waals surface area contributed by atoms with Crippen molar-refractivity contribution in [2.24, 2.45) is 0 Å². The van der Waals surface area contributed by atoms with E-state index >= 15 is 0 Å². The van der Waals surface area contributed by atoms with Crippen molar-refractivity contribution < 1.29 is 14.5 Å². The molecular weight excluding hydrogens is 346 g/mol. The maximum atomic E-state index is 12.2. The number of halogens is 1. The van der Waals surface area contributed by atoms with Gasteiger partial charge in [0.15, 0.2) is 0 Å². The number of carbonyl (C=O) groups is 1. The SMILES string of the molecule is COc1cccc(/C=C(\C#N)C(=O)Nc2ccc(Cl)c([N+](=O)[O-])c2)c1. The van der Waals surface area contributed by atoms with Crippen molar-refractivity contribution in [3.63, 3.8) is 0 Å². The summed E-state index contributed by atoms with van der Waals surface area (Å²) in [5.74, 6) is -0.110. The molecule has 2 aromatic carbocycles. The summed E-state index contributed by atoms with van der Waals surface area (Å²) < 4.78 is 5.08. The molecule has 0 radical (unpaired) electrons. The Kier molecular flexibility index (Phi) is 5.71. The van der Waals surface area contributed by atoms with Crippen LogP contribution in [0.15, 0.2) is 48.0 Å². The zero-order valence-corrected chi connectivity index (χ0v) is 13.8. The normalized spacial score (nSPS) is 10.7. The van der Waals surface area contributed by atoms with Crippen molar-refractivity contribution in [3.8, 4) is 11.8 Å². The lowest BCUT2D eigenvalue weighted by Gasteiger charge is -2.05. The molecule has 0 saturated heterocycles. The van der Waals surface area contributed by atoms with E-state index in [0.717, 1.165) is 6.07 Å². The molecule has 8 heteroatoms. The van der Waals surface area contributed by atoms with Crippen LogP contribution >= 0.6 is 11.6 Å². The number of benzene rings is 2. The van der Waals surface area contributed by atoms with Crippen LogP contribution in [0, 0.1) is 21.4 Å². The molecule has 0 aromatic heterocycles. The maximum absolute atomic E-state index is 12.2. The van der Waals surface area contributed by atoms with E-state index in [1.807, 2.05) is 0 Å². The number of rotatable bonds is 5. The largest absolute Gasteiger partial charge is 0.497 e. The van der Waals surface area contributed by atoms with Crippen LogP contribution in [-0.4, -0.2) is 17.9 Å². The highest BCUT2D eigenvalue weighted by atomic mass is 35.5. The van der Waals surface area contributed by atoms with Crippen LogP contribution < -0.4 is 10.1 Å². The van der Waals surface area contributed by atoms with Gasteiger partial charge in [-0.1, -0.05) is 23.7 Å². The summed E-state index contributed by atoms with van der Waals surface area (Å²) in [5, 5.41) is 22.5. The average molecular weight is 358 g/mol. The number of carbonyl (C=O) groups excluding carboxylic acids is 1. The summed E-state index contributed by atoms with van der Waals surface area (Å²) in [4.78, 5) is 22.5. The fourth-order valence-corrected chi connectivity index (χ4v) is 2.16. The number of methoxy groups -OCH3 is 1. The molecule has 0 spiro atoms. The third-order valence-electron chi connectivity index (χ3n) is 3.17. The number of anilines is 1. The van der Waals surface area contributed by atoms with Gasteiger partial charge in [-0.3, -0.25) is 14.9 Å². The highest BCUT2D eigenvalue weighted by molar-refractivity contribution is 6.32. The van der Waals surface area contributed by atoms with E-state index < -0.39 is 10.8 Å². The molecule has 0 bridgehead atoms. The lowest BCUT2D eigenvalue weighted by atomic mass is 10.1. The Bertz CT molecular complexity index is 903. The van der Waals surface area contributed by atoms with Gasteiger partial charge < -0.3 is 10.1 Å². The van der Waals surface area contributed by atoms with Crippen molar-refractivity contribution in [1.29, 1.82) is 5.26 Å². The molecule has 2 rings (SSSR count). The highest BCUT2D eigenvalue weighted by Crippen LogP contribution is 2.27. The first-order valence-electron chi connectivity index (χ1n) is 6.95. The van der Waals surface area contributed by atoms with Crippen LogP contribution in [0.5, 0.6) is 5.75 Å². The zero-order valence-electron chi connectivity index (χ0n) is 13.0. The molecule has 25 heavy (non-hydrogen) atoms. The number of nitro groups is 1. The molecule has 0 unspecified atom stereocenters. The zero-order chi connectivity index (χ0) is 18.4. The molecule has 7 nitrogen and oxygen atoms in total. The quantitative estimate of drug-likeness (QED) is 0.379. The van der Waals surface area contributed by atoms with Gasteiger partial charge in [-0.2, -0.15) is 5.26 Å². The molecule has 0 aliphatic rings. The smallest absolute Gasteiger partial charge is 0.289 e. The predicted molar refractivity (Wildman–Crippen MR) is 93.3 cm³/mol. The van der Waals surface area contributed by atoms with Gasteiger partial charge >= 0.3 is 0 Å².